The molecule has 2 heteroatoms. The summed E-state index contributed by atoms with van der Waals surface area (Å²) in [6.45, 7) is 3.73. The molecule has 0 rings (SSSR count). The number of nitrogens with two attached hydrogens (primary N) is 1. The van der Waals surface area contributed by atoms with Crippen LogP contribution in [0.1, 0.15) is 26.7 Å². The van der Waals surface area contributed by atoms with Crippen molar-refractivity contribution in [2.24, 2.45) is 5.73 Å². The molecular formula is C5H13NO. The van der Waals surface area contributed by atoms with Crippen molar-refractivity contribution in [3.05, 3.63) is 0 Å². The van der Waals surface area contributed by atoms with Crippen molar-refractivity contribution in [2.45, 2.75) is 32.4 Å². The highest BCUT2D eigenvalue weighted by atomic mass is 16.3. The zero-order chi connectivity index (χ0) is 5.91. The fraction of sp³-hybridized carbons (Fsp3) is 1.00. The summed E-state index contributed by atoms with van der Waals surface area (Å²) in [5.41, 5.74) is 4.35. The van der Waals surface area contributed by atoms with Gasteiger partial charge in [0, 0.05) is 0 Å². The molecule has 0 aromatic rings. The fourth-order valence-corrected chi connectivity index (χ4v) is 0.250. The Morgan fingerprint density at radius 2 is 1.71 bits per heavy atom. The summed E-state index contributed by atoms with van der Waals surface area (Å²) in [6, 6.07) is 0. The quantitative estimate of drug-likeness (QED) is 0.498. The smallest absolute Gasteiger partial charge is 0.113 e. The molecule has 0 aliphatic rings. The van der Waals surface area contributed by atoms with Crippen LogP contribution in [0.25, 0.3) is 0 Å². The van der Waals surface area contributed by atoms with Crippen molar-refractivity contribution < 1.29 is 5.11 Å². The number of aliphatic hydroxyl groups is 1. The fourth-order valence-electron chi connectivity index (χ4n) is 0.250. The van der Waals surface area contributed by atoms with Crippen molar-refractivity contribution in [1.29, 1.82) is 0 Å². The van der Waals surface area contributed by atoms with Gasteiger partial charge in [0.05, 0.1) is 0 Å². The van der Waals surface area contributed by atoms with Gasteiger partial charge in [-0.25, -0.2) is 0 Å². The molecule has 0 saturated carbocycles. The van der Waals surface area contributed by atoms with Gasteiger partial charge in [-0.2, -0.15) is 0 Å². The van der Waals surface area contributed by atoms with E-state index in [1.807, 2.05) is 13.8 Å². The van der Waals surface area contributed by atoms with E-state index >= 15 is 0 Å². The Labute approximate surface area is 44.3 Å². The first-order valence-corrected chi connectivity index (χ1v) is 2.63. The Morgan fingerprint density at radius 1 is 1.43 bits per heavy atom. The minimum atomic E-state index is -0.917. The zero-order valence-corrected chi connectivity index (χ0v) is 4.94. The average molecular weight is 103 g/mol. The Morgan fingerprint density at radius 3 is 1.71 bits per heavy atom. The maximum absolute atomic E-state index is 8.91. The highest BCUT2D eigenvalue weighted by Gasteiger charge is 2.12. The van der Waals surface area contributed by atoms with Gasteiger partial charge < -0.3 is 10.8 Å². The van der Waals surface area contributed by atoms with Crippen LogP contribution < -0.4 is 5.73 Å². The molecule has 0 aromatic carbocycles. The molecule has 7 heavy (non-hydrogen) atoms. The first-order chi connectivity index (χ1) is 3.12. The monoisotopic (exact) mass is 103 g/mol. The van der Waals surface area contributed by atoms with Crippen LogP contribution in [0.2, 0.25) is 0 Å². The lowest BCUT2D eigenvalue weighted by Crippen LogP contribution is -2.37. The predicted octanol–water partition coefficient (Wildman–Crippen LogP) is 0.454. The van der Waals surface area contributed by atoms with Gasteiger partial charge in [-0.1, -0.05) is 13.8 Å². The zero-order valence-electron chi connectivity index (χ0n) is 4.94. The largest absolute Gasteiger partial charge is 0.376 e. The second kappa shape index (κ2) is 2.28. The topological polar surface area (TPSA) is 46.2 Å². The summed E-state index contributed by atoms with van der Waals surface area (Å²) in [5, 5.41) is 8.91. The van der Waals surface area contributed by atoms with Crippen LogP contribution in [0.4, 0.5) is 0 Å². The van der Waals surface area contributed by atoms with Crippen molar-refractivity contribution in [1.82, 2.24) is 0 Å². The molecule has 0 aromatic heterocycles. The molecule has 0 bridgehead atoms. The van der Waals surface area contributed by atoms with E-state index in [-0.39, 0.29) is 0 Å². The van der Waals surface area contributed by atoms with Gasteiger partial charge in [0.2, 0.25) is 0 Å². The van der Waals surface area contributed by atoms with Crippen LogP contribution in [-0.2, 0) is 0 Å². The molecule has 0 radical (unpaired) electrons. The molecular weight excluding hydrogens is 90.1 g/mol. The van der Waals surface area contributed by atoms with E-state index in [0.29, 0.717) is 12.8 Å². The summed E-state index contributed by atoms with van der Waals surface area (Å²) in [5.74, 6) is 0. The molecule has 0 heterocycles. The third-order valence-electron chi connectivity index (χ3n) is 1.22. The van der Waals surface area contributed by atoms with Crippen LogP contribution in [0, 0.1) is 0 Å². The van der Waals surface area contributed by atoms with E-state index in [2.05, 4.69) is 0 Å². The molecule has 2 nitrogen and oxygen atoms in total. The summed E-state index contributed by atoms with van der Waals surface area (Å²) in [6.07, 6.45) is 1.26. The lowest BCUT2D eigenvalue weighted by molar-refractivity contribution is 0.0391. The van der Waals surface area contributed by atoms with E-state index < -0.39 is 5.72 Å². The Bertz CT molecular complexity index is 46.0. The third-order valence-corrected chi connectivity index (χ3v) is 1.22. The van der Waals surface area contributed by atoms with Gasteiger partial charge in [0.15, 0.2) is 0 Å². The van der Waals surface area contributed by atoms with Gasteiger partial charge in [0.25, 0.3) is 0 Å². The van der Waals surface area contributed by atoms with Gasteiger partial charge in [-0.3, -0.25) is 0 Å². The van der Waals surface area contributed by atoms with Gasteiger partial charge in [-0.15, -0.1) is 0 Å². The normalized spacial score (nSPS) is 12.0. The van der Waals surface area contributed by atoms with Gasteiger partial charge in [0.1, 0.15) is 5.72 Å². The lowest BCUT2D eigenvalue weighted by atomic mass is 10.1. The summed E-state index contributed by atoms with van der Waals surface area (Å²) < 4.78 is 0. The van der Waals surface area contributed by atoms with Crippen LogP contribution >= 0.6 is 0 Å². The van der Waals surface area contributed by atoms with Crippen molar-refractivity contribution in [2.75, 3.05) is 0 Å². The third kappa shape index (κ3) is 2.60. The Hall–Kier alpha value is -0.0800. The second-order valence-electron chi connectivity index (χ2n) is 1.81. The van der Waals surface area contributed by atoms with Gasteiger partial charge in [-0.05, 0) is 12.8 Å². The van der Waals surface area contributed by atoms with E-state index in [1.54, 1.807) is 0 Å². The minimum Gasteiger partial charge on any atom is -0.376 e. The molecule has 44 valence electrons. The first-order valence-electron chi connectivity index (χ1n) is 2.63. The maximum atomic E-state index is 8.91. The molecule has 3 N–H and O–H groups in total. The lowest BCUT2D eigenvalue weighted by Gasteiger charge is -2.17. The summed E-state index contributed by atoms with van der Waals surface area (Å²) in [7, 11) is 0. The van der Waals surface area contributed by atoms with Crippen molar-refractivity contribution in [3.8, 4) is 0 Å². The highest BCUT2D eigenvalue weighted by molar-refractivity contribution is 4.63. The molecule has 0 aliphatic heterocycles. The Balaban J connectivity index is 3.36. The SMILES string of the molecule is CCC(N)(O)CC. The van der Waals surface area contributed by atoms with Crippen molar-refractivity contribution >= 4 is 0 Å². The molecule has 0 saturated heterocycles. The summed E-state index contributed by atoms with van der Waals surface area (Å²) >= 11 is 0. The Kier molecular flexibility index (Phi) is 2.26. The van der Waals surface area contributed by atoms with E-state index in [0.717, 1.165) is 0 Å². The minimum absolute atomic E-state index is 0.628. The maximum Gasteiger partial charge on any atom is 0.113 e. The second-order valence-corrected chi connectivity index (χ2v) is 1.81. The summed E-state index contributed by atoms with van der Waals surface area (Å²) in [4.78, 5) is 0. The molecule has 0 spiro atoms. The number of hydrogen-bond acceptors (Lipinski definition) is 2. The molecule has 0 fully saturated rings. The molecule has 0 unspecified atom stereocenters. The van der Waals surface area contributed by atoms with Crippen LogP contribution in [-0.4, -0.2) is 10.8 Å². The molecule has 0 amide bonds. The van der Waals surface area contributed by atoms with E-state index in [1.165, 1.54) is 0 Å². The number of hydrogen-bond donors (Lipinski definition) is 2. The first kappa shape index (κ1) is 6.92. The average Bonchev–Trinajstić information content (AvgIpc) is 1.68. The predicted molar refractivity (Wildman–Crippen MR) is 29.7 cm³/mol. The van der Waals surface area contributed by atoms with Crippen molar-refractivity contribution in [3.63, 3.8) is 0 Å². The van der Waals surface area contributed by atoms with Crippen LogP contribution in [0.15, 0.2) is 0 Å². The van der Waals surface area contributed by atoms with E-state index in [9.17, 15) is 0 Å². The van der Waals surface area contributed by atoms with E-state index in [4.69, 9.17) is 10.8 Å². The highest BCUT2D eigenvalue weighted by Crippen LogP contribution is 2.03. The number of rotatable bonds is 2. The van der Waals surface area contributed by atoms with Crippen LogP contribution in [0.3, 0.4) is 0 Å². The standard InChI is InChI=1S/C5H13NO/c1-3-5(6,7)4-2/h7H,3-4,6H2,1-2H3. The van der Waals surface area contributed by atoms with Crippen LogP contribution in [0.5, 0.6) is 0 Å². The molecule has 0 aliphatic carbocycles. The molecule has 0 atom stereocenters. The van der Waals surface area contributed by atoms with Gasteiger partial charge >= 0.3 is 0 Å².